The van der Waals surface area contributed by atoms with E-state index in [9.17, 15) is 0 Å². The summed E-state index contributed by atoms with van der Waals surface area (Å²) in [7, 11) is 0. The van der Waals surface area contributed by atoms with E-state index >= 15 is 0 Å². The van der Waals surface area contributed by atoms with Crippen LogP contribution in [0.4, 0.5) is 14.4 Å². The molecule has 0 aliphatic carbocycles. The predicted molar refractivity (Wildman–Crippen MR) is 37.9 cm³/mol. The predicted octanol–water partition coefficient (Wildman–Crippen LogP) is -12.3. The Morgan fingerprint density at radius 1 is 0.400 bits per heavy atom. The molecule has 0 atom stereocenters. The van der Waals surface area contributed by atoms with Crippen LogP contribution in [-0.2, 0) is 0 Å². The molecule has 12 N–H and O–H groups in total. The van der Waals surface area contributed by atoms with Gasteiger partial charge >= 0.3 is 93.8 Å². The minimum atomic E-state index is -2.33. The Morgan fingerprint density at radius 2 is 0.400 bits per heavy atom. The van der Waals surface area contributed by atoms with Crippen LogP contribution in [0.15, 0.2) is 0 Å². The van der Waals surface area contributed by atoms with E-state index in [1.807, 2.05) is 0 Å². The maximum Gasteiger partial charge on any atom is 3.00 e. The van der Waals surface area contributed by atoms with Crippen molar-refractivity contribution in [3.8, 4) is 0 Å². The second-order valence-electron chi connectivity index (χ2n) is 0.750. The molecule has 0 aliphatic rings. The zero-order chi connectivity index (χ0) is 10.7. The van der Waals surface area contributed by atoms with Crippen molar-refractivity contribution in [3.05, 3.63) is 0 Å². The standard InChI is InChI=1S/3CH2O3.6H2O.2Yb/c3*2-1(3)4;;;;;;;;/h3*(H2,2,3,4);6*1H2;;/q;;;;;;;;;2*+3/p-6. The number of carbonyl (C=O) groups excluding carboxylic acids is 3. The summed E-state index contributed by atoms with van der Waals surface area (Å²) in [6, 6.07) is 0. The van der Waals surface area contributed by atoms with Gasteiger partial charge in [0.25, 0.3) is 0 Å². The van der Waals surface area contributed by atoms with Crippen LogP contribution < -0.4 is 30.6 Å². The number of carboxylic acid groups (broad SMARTS) is 6. The third-order valence-corrected chi connectivity index (χ3v) is 0. The molecule has 0 aromatic heterocycles. The molecule has 0 fully saturated rings. The van der Waals surface area contributed by atoms with E-state index in [0.717, 1.165) is 0 Å². The molecule has 0 rings (SSSR count). The van der Waals surface area contributed by atoms with Gasteiger partial charge in [-0.05, 0) is 18.5 Å². The summed E-state index contributed by atoms with van der Waals surface area (Å²) in [5, 5.41) is 50.0. The molecule has 0 saturated heterocycles. The van der Waals surface area contributed by atoms with E-state index < -0.39 is 18.5 Å². The van der Waals surface area contributed by atoms with Gasteiger partial charge in [-0.1, -0.05) is 0 Å². The van der Waals surface area contributed by atoms with E-state index in [1.54, 1.807) is 0 Å². The van der Waals surface area contributed by atoms with Crippen LogP contribution in [0.25, 0.3) is 0 Å². The molecule has 0 unspecified atom stereocenters. The van der Waals surface area contributed by atoms with Crippen LogP contribution in [0, 0.1) is 93.8 Å². The summed E-state index contributed by atoms with van der Waals surface area (Å²) < 4.78 is 0. The zero-order valence-corrected chi connectivity index (χ0v) is 12.1. The molecule has 15 nitrogen and oxygen atoms in total. The Hall–Kier alpha value is 0.609. The molecule has 2 radical (unpaired) electrons. The average molecular weight is 634 g/mol. The quantitative estimate of drug-likeness (QED) is 0.244. The maximum atomic E-state index is 8.33. The van der Waals surface area contributed by atoms with Gasteiger partial charge in [0.05, 0.1) is 0 Å². The van der Waals surface area contributed by atoms with Crippen molar-refractivity contribution < 1.29 is 172 Å². The summed E-state index contributed by atoms with van der Waals surface area (Å²) in [4.78, 5) is 25.0. The maximum absolute atomic E-state index is 8.33. The van der Waals surface area contributed by atoms with E-state index in [0.29, 0.717) is 0 Å². The van der Waals surface area contributed by atoms with E-state index in [1.165, 1.54) is 0 Å². The molecule has 0 bridgehead atoms. The van der Waals surface area contributed by atoms with E-state index in [-0.39, 0.29) is 127 Å². The molecule has 0 aliphatic heterocycles. The van der Waals surface area contributed by atoms with Crippen LogP contribution in [0.5, 0.6) is 0 Å². The van der Waals surface area contributed by atoms with Gasteiger partial charge < -0.3 is 77.9 Å². The Balaban J connectivity index is -0.00000000562. The van der Waals surface area contributed by atoms with Crippen molar-refractivity contribution in [1.29, 1.82) is 0 Å². The molecule has 20 heavy (non-hydrogen) atoms. The molecule has 0 aromatic carbocycles. The van der Waals surface area contributed by atoms with Gasteiger partial charge in [-0.25, -0.2) is 0 Å². The first-order valence-electron chi connectivity index (χ1n) is 1.84. The van der Waals surface area contributed by atoms with Crippen molar-refractivity contribution in [2.45, 2.75) is 0 Å². The first-order chi connectivity index (χ1) is 5.20. The molecular weight excluding hydrogens is 622 g/mol. The third kappa shape index (κ3) is 15600. The van der Waals surface area contributed by atoms with Crippen LogP contribution in [0.1, 0.15) is 0 Å². The normalized spacial score (nSPS) is 3.60. The topological polar surface area (TPSA) is 379 Å². The second kappa shape index (κ2) is 73.5. The Bertz CT molecular complexity index is 119. The van der Waals surface area contributed by atoms with Gasteiger partial charge in [-0.15, -0.1) is 0 Å². The van der Waals surface area contributed by atoms with Crippen LogP contribution in [-0.4, -0.2) is 51.3 Å². The van der Waals surface area contributed by atoms with Gasteiger partial charge in [0, 0.05) is 0 Å². The Morgan fingerprint density at radius 3 is 0.400 bits per heavy atom. The first-order valence-corrected chi connectivity index (χ1v) is 1.84. The summed E-state index contributed by atoms with van der Waals surface area (Å²) >= 11 is 0. The Kier molecular flexibility index (Phi) is 316. The fraction of sp³-hybridized carbons (Fsp3) is 0. The van der Waals surface area contributed by atoms with Gasteiger partial charge in [-0.2, -0.15) is 0 Å². The van der Waals surface area contributed by atoms with Crippen LogP contribution in [0.3, 0.4) is 0 Å². The van der Waals surface area contributed by atoms with Gasteiger partial charge in [0.2, 0.25) is 0 Å². The van der Waals surface area contributed by atoms with Crippen molar-refractivity contribution >= 4 is 18.5 Å². The van der Waals surface area contributed by atoms with Crippen molar-refractivity contribution in [2.24, 2.45) is 0 Å². The Labute approximate surface area is 187 Å². The smallest absolute Gasteiger partial charge is 0.652 e. The largest absolute Gasteiger partial charge is 3.00 e. The summed E-state index contributed by atoms with van der Waals surface area (Å²) in [6.07, 6.45) is -7.00. The van der Waals surface area contributed by atoms with Crippen LogP contribution in [0.2, 0.25) is 0 Å². The fourth-order valence-corrected chi connectivity index (χ4v) is 0. The molecule has 0 spiro atoms. The SMILES string of the molecule is O.O.O.O.O.O.O=C([O-])[O-].O=C([O-])[O-].O=C([O-])[O-].[Yb+3].[Yb+3]. The van der Waals surface area contributed by atoms with Crippen LogP contribution >= 0.6 is 0 Å². The van der Waals surface area contributed by atoms with Crippen molar-refractivity contribution in [3.63, 3.8) is 0 Å². The third-order valence-electron chi connectivity index (χ3n) is 0. The summed E-state index contributed by atoms with van der Waals surface area (Å²) in [6.45, 7) is 0. The molecule has 0 aromatic rings. The summed E-state index contributed by atoms with van der Waals surface area (Å²) in [5.74, 6) is 0. The van der Waals surface area contributed by atoms with Gasteiger partial charge in [0.1, 0.15) is 0 Å². The number of carbonyl (C=O) groups is 3. The molecule has 0 saturated carbocycles. The molecule has 0 amide bonds. The van der Waals surface area contributed by atoms with Gasteiger partial charge in [0.15, 0.2) is 0 Å². The van der Waals surface area contributed by atoms with Crippen molar-refractivity contribution in [2.75, 3.05) is 0 Å². The van der Waals surface area contributed by atoms with E-state index in [4.69, 9.17) is 45.0 Å². The zero-order valence-electron chi connectivity index (χ0n) is 8.71. The molecule has 0 heterocycles. The molecular formula is C3H12O15Yb2. The number of rotatable bonds is 0. The minimum absolute atomic E-state index is 0. The average Bonchev–Trinajstić information content (AvgIpc) is 1.54. The van der Waals surface area contributed by atoms with Gasteiger partial charge in [-0.3, -0.25) is 0 Å². The molecule has 17 heteroatoms. The second-order valence-corrected chi connectivity index (χ2v) is 0.750. The van der Waals surface area contributed by atoms with Crippen molar-refractivity contribution in [1.82, 2.24) is 0 Å². The number of hydrogen-bond acceptors (Lipinski definition) is 9. The monoisotopic (exact) mass is 636 g/mol. The first kappa shape index (κ1) is 85.8. The van der Waals surface area contributed by atoms with E-state index in [2.05, 4.69) is 0 Å². The summed E-state index contributed by atoms with van der Waals surface area (Å²) in [5.41, 5.74) is 0. The molecule has 142 valence electrons. The fourth-order valence-electron chi connectivity index (χ4n) is 0. The minimum Gasteiger partial charge on any atom is -0.652 e. The number of hydrogen-bond donors (Lipinski definition) is 0.